The summed E-state index contributed by atoms with van der Waals surface area (Å²) in [7, 11) is 0. The van der Waals surface area contributed by atoms with Crippen LogP contribution in [0.5, 0.6) is 5.75 Å². The summed E-state index contributed by atoms with van der Waals surface area (Å²) < 4.78 is 43.6. The van der Waals surface area contributed by atoms with Gasteiger partial charge in [-0.25, -0.2) is 0 Å². The van der Waals surface area contributed by atoms with Gasteiger partial charge in [-0.15, -0.1) is 0 Å². The normalized spacial score (nSPS) is 14.6. The molecule has 1 saturated heterocycles. The molecule has 2 aromatic rings. The first-order valence-corrected chi connectivity index (χ1v) is 9.59. The highest BCUT2D eigenvalue weighted by atomic mass is 19.4. The van der Waals surface area contributed by atoms with E-state index >= 15 is 0 Å². The minimum absolute atomic E-state index is 0.0879. The molecule has 1 heterocycles. The Balaban J connectivity index is 1.50. The SMILES string of the molecule is Cc1ccc(OCC(=O)N2CCN(C(=O)c3ccc(C(F)(F)F)cc3)CC2)cc1C. The van der Waals surface area contributed by atoms with Crippen molar-refractivity contribution in [3.63, 3.8) is 0 Å². The number of nitrogens with zero attached hydrogens (tertiary/aromatic N) is 2. The van der Waals surface area contributed by atoms with Crippen molar-refractivity contribution in [1.82, 2.24) is 9.80 Å². The summed E-state index contributed by atoms with van der Waals surface area (Å²) in [6, 6.07) is 9.79. The van der Waals surface area contributed by atoms with Crippen LogP contribution in [0.2, 0.25) is 0 Å². The molecule has 0 aliphatic carbocycles. The van der Waals surface area contributed by atoms with Gasteiger partial charge in [-0.1, -0.05) is 6.07 Å². The quantitative estimate of drug-likeness (QED) is 0.758. The van der Waals surface area contributed by atoms with E-state index in [0.717, 1.165) is 23.3 Å². The van der Waals surface area contributed by atoms with Crippen LogP contribution in [-0.2, 0) is 11.0 Å². The molecule has 3 rings (SSSR count). The Morgan fingerprint density at radius 2 is 1.50 bits per heavy atom. The van der Waals surface area contributed by atoms with Gasteiger partial charge in [0, 0.05) is 31.7 Å². The van der Waals surface area contributed by atoms with Crippen LogP contribution < -0.4 is 4.74 Å². The number of hydrogen-bond donors (Lipinski definition) is 0. The fourth-order valence-electron chi connectivity index (χ4n) is 3.18. The number of halogens is 3. The van der Waals surface area contributed by atoms with Gasteiger partial charge < -0.3 is 14.5 Å². The van der Waals surface area contributed by atoms with E-state index in [-0.39, 0.29) is 24.0 Å². The van der Waals surface area contributed by atoms with E-state index in [1.165, 1.54) is 17.0 Å². The van der Waals surface area contributed by atoms with Crippen LogP contribution >= 0.6 is 0 Å². The molecule has 8 heteroatoms. The Morgan fingerprint density at radius 3 is 2.07 bits per heavy atom. The maximum absolute atomic E-state index is 12.7. The molecule has 0 spiro atoms. The summed E-state index contributed by atoms with van der Waals surface area (Å²) in [6.45, 7) is 5.20. The number of carbonyl (C=O) groups excluding carboxylic acids is 2. The lowest BCUT2D eigenvalue weighted by Crippen LogP contribution is -2.51. The highest BCUT2D eigenvalue weighted by Crippen LogP contribution is 2.29. The second kappa shape index (κ2) is 8.77. The van der Waals surface area contributed by atoms with Gasteiger partial charge in [-0.2, -0.15) is 13.2 Å². The lowest BCUT2D eigenvalue weighted by Gasteiger charge is -2.34. The molecule has 1 aliphatic rings. The highest BCUT2D eigenvalue weighted by molar-refractivity contribution is 5.94. The zero-order valence-electron chi connectivity index (χ0n) is 16.8. The monoisotopic (exact) mass is 420 g/mol. The van der Waals surface area contributed by atoms with Gasteiger partial charge in [-0.3, -0.25) is 9.59 Å². The van der Waals surface area contributed by atoms with Gasteiger partial charge in [0.25, 0.3) is 11.8 Å². The summed E-state index contributed by atoms with van der Waals surface area (Å²) in [5.41, 5.74) is 1.62. The predicted octanol–water partition coefficient (Wildman–Crippen LogP) is 3.69. The maximum Gasteiger partial charge on any atom is 0.416 e. The molecule has 160 valence electrons. The highest BCUT2D eigenvalue weighted by Gasteiger charge is 2.31. The van der Waals surface area contributed by atoms with Crippen LogP contribution in [0.3, 0.4) is 0 Å². The summed E-state index contributed by atoms with van der Waals surface area (Å²) >= 11 is 0. The molecular formula is C22H23F3N2O3. The Kier molecular flexibility index (Phi) is 6.34. The average molecular weight is 420 g/mol. The topological polar surface area (TPSA) is 49.9 Å². The van der Waals surface area contributed by atoms with E-state index < -0.39 is 11.7 Å². The molecule has 0 atom stereocenters. The average Bonchev–Trinajstić information content (AvgIpc) is 2.73. The maximum atomic E-state index is 12.7. The van der Waals surface area contributed by atoms with Crippen LogP contribution in [0.25, 0.3) is 0 Å². The smallest absolute Gasteiger partial charge is 0.416 e. The Morgan fingerprint density at radius 1 is 0.900 bits per heavy atom. The predicted molar refractivity (Wildman–Crippen MR) is 105 cm³/mol. The fraction of sp³-hybridized carbons (Fsp3) is 0.364. The molecule has 2 aromatic carbocycles. The molecule has 2 amide bonds. The van der Waals surface area contributed by atoms with E-state index in [1.54, 1.807) is 4.90 Å². The van der Waals surface area contributed by atoms with E-state index in [0.29, 0.717) is 31.9 Å². The van der Waals surface area contributed by atoms with Gasteiger partial charge in [0.15, 0.2) is 6.61 Å². The Labute approximate surface area is 173 Å². The Hall–Kier alpha value is -3.03. The third-order valence-electron chi connectivity index (χ3n) is 5.22. The molecule has 1 fully saturated rings. The first-order valence-electron chi connectivity index (χ1n) is 9.59. The second-order valence-corrected chi connectivity index (χ2v) is 7.28. The number of hydrogen-bond acceptors (Lipinski definition) is 3. The third kappa shape index (κ3) is 5.11. The summed E-state index contributed by atoms with van der Waals surface area (Å²) in [6.07, 6.45) is -4.44. The minimum atomic E-state index is -4.44. The second-order valence-electron chi connectivity index (χ2n) is 7.28. The van der Waals surface area contributed by atoms with Crippen LogP contribution in [0, 0.1) is 13.8 Å². The van der Waals surface area contributed by atoms with Crippen molar-refractivity contribution in [1.29, 1.82) is 0 Å². The van der Waals surface area contributed by atoms with Gasteiger partial charge in [0.05, 0.1) is 5.56 Å². The van der Waals surface area contributed by atoms with Crippen molar-refractivity contribution in [2.75, 3.05) is 32.8 Å². The number of amides is 2. The summed E-state index contributed by atoms with van der Waals surface area (Å²) in [5.74, 6) is 0.111. The lowest BCUT2D eigenvalue weighted by molar-refractivity contribution is -0.137. The molecule has 0 saturated carbocycles. The zero-order chi connectivity index (χ0) is 21.9. The fourth-order valence-corrected chi connectivity index (χ4v) is 3.18. The molecule has 0 aromatic heterocycles. The minimum Gasteiger partial charge on any atom is -0.484 e. The van der Waals surface area contributed by atoms with Gasteiger partial charge in [-0.05, 0) is 61.4 Å². The van der Waals surface area contributed by atoms with Crippen molar-refractivity contribution in [2.24, 2.45) is 0 Å². The van der Waals surface area contributed by atoms with E-state index in [4.69, 9.17) is 4.74 Å². The molecule has 0 unspecified atom stereocenters. The van der Waals surface area contributed by atoms with Crippen LogP contribution in [0.15, 0.2) is 42.5 Å². The number of benzene rings is 2. The van der Waals surface area contributed by atoms with E-state index in [1.807, 2.05) is 32.0 Å². The number of piperazine rings is 1. The van der Waals surface area contributed by atoms with E-state index in [9.17, 15) is 22.8 Å². The van der Waals surface area contributed by atoms with Crippen molar-refractivity contribution in [2.45, 2.75) is 20.0 Å². The standard InChI is InChI=1S/C22H23F3N2O3/c1-15-3-8-19(13-16(15)2)30-14-20(28)26-9-11-27(12-10-26)21(29)17-4-6-18(7-5-17)22(23,24)25/h3-8,13H,9-12,14H2,1-2H3. The van der Waals surface area contributed by atoms with Gasteiger partial charge in [0.2, 0.25) is 0 Å². The molecular weight excluding hydrogens is 397 g/mol. The number of rotatable bonds is 4. The number of carbonyl (C=O) groups is 2. The lowest BCUT2D eigenvalue weighted by atomic mass is 10.1. The van der Waals surface area contributed by atoms with Crippen LogP contribution in [0.1, 0.15) is 27.0 Å². The van der Waals surface area contributed by atoms with Crippen molar-refractivity contribution >= 4 is 11.8 Å². The molecule has 1 aliphatic heterocycles. The molecule has 30 heavy (non-hydrogen) atoms. The molecule has 0 bridgehead atoms. The Bertz CT molecular complexity index is 918. The van der Waals surface area contributed by atoms with Crippen molar-refractivity contribution in [3.05, 3.63) is 64.7 Å². The summed E-state index contributed by atoms with van der Waals surface area (Å²) in [5, 5.41) is 0. The number of alkyl halides is 3. The first-order chi connectivity index (χ1) is 14.1. The van der Waals surface area contributed by atoms with Crippen molar-refractivity contribution in [3.8, 4) is 5.75 Å². The zero-order valence-corrected chi connectivity index (χ0v) is 16.8. The largest absolute Gasteiger partial charge is 0.484 e. The third-order valence-corrected chi connectivity index (χ3v) is 5.22. The molecule has 0 N–H and O–H groups in total. The first kappa shape index (κ1) is 21.7. The number of aryl methyl sites for hydroxylation is 2. The summed E-state index contributed by atoms with van der Waals surface area (Å²) in [4.78, 5) is 28.1. The molecule has 5 nitrogen and oxygen atoms in total. The van der Waals surface area contributed by atoms with Crippen LogP contribution in [0.4, 0.5) is 13.2 Å². The molecule has 0 radical (unpaired) electrons. The van der Waals surface area contributed by atoms with E-state index in [2.05, 4.69) is 0 Å². The van der Waals surface area contributed by atoms with Crippen LogP contribution in [-0.4, -0.2) is 54.4 Å². The van der Waals surface area contributed by atoms with Gasteiger partial charge in [0.1, 0.15) is 5.75 Å². The number of ether oxygens (including phenoxy) is 1. The van der Waals surface area contributed by atoms with Crippen molar-refractivity contribution < 1.29 is 27.5 Å². The van der Waals surface area contributed by atoms with Gasteiger partial charge >= 0.3 is 6.18 Å².